The molecule has 35 heavy (non-hydrogen) atoms. The lowest BCUT2D eigenvalue weighted by Crippen LogP contribution is -2.12. The molecule has 5 rings (SSSR count). The Kier molecular flexibility index (Phi) is 6.29. The Hall–Kier alpha value is -3.30. The van der Waals surface area contributed by atoms with Crippen molar-refractivity contribution in [3.05, 3.63) is 70.8 Å². The van der Waals surface area contributed by atoms with Crippen LogP contribution in [-0.4, -0.2) is 34.9 Å². The highest BCUT2D eigenvalue weighted by Crippen LogP contribution is 2.36. The number of carbonyl (C=O) groups is 1. The number of hydrogen-bond donors (Lipinski definition) is 0. The van der Waals surface area contributed by atoms with Crippen LogP contribution < -0.4 is 0 Å². The molecule has 0 bridgehead atoms. The number of hydrogen-bond acceptors (Lipinski definition) is 7. The summed E-state index contributed by atoms with van der Waals surface area (Å²) in [6.07, 6.45) is 8.61. The number of allylic oxidation sites excluding steroid dienone is 2. The number of rotatable bonds is 6. The first kappa shape index (κ1) is 23.4. The van der Waals surface area contributed by atoms with Gasteiger partial charge in [0, 0.05) is 28.7 Å². The zero-order chi connectivity index (χ0) is 24.6. The summed E-state index contributed by atoms with van der Waals surface area (Å²) in [6, 6.07) is 10.3. The number of aromatic nitrogens is 3. The molecule has 0 N–H and O–H groups in total. The number of thiazole rings is 1. The molecule has 1 aliphatic rings. The van der Waals surface area contributed by atoms with Crippen molar-refractivity contribution in [2.45, 2.75) is 38.0 Å². The van der Waals surface area contributed by atoms with Crippen LogP contribution in [0.2, 0.25) is 0 Å². The normalized spacial score (nSPS) is 16.3. The van der Waals surface area contributed by atoms with E-state index in [0.29, 0.717) is 28.2 Å². The van der Waals surface area contributed by atoms with Crippen LogP contribution in [0.1, 0.15) is 48.5 Å². The van der Waals surface area contributed by atoms with E-state index in [1.165, 1.54) is 20.9 Å². The third-order valence-electron chi connectivity index (χ3n) is 6.19. The first-order valence-corrected chi connectivity index (χ1v) is 13.8. The zero-order valence-corrected chi connectivity index (χ0v) is 21.1. The lowest BCUT2D eigenvalue weighted by Gasteiger charge is -2.18. The van der Waals surface area contributed by atoms with Gasteiger partial charge in [-0.15, -0.1) is 11.3 Å². The second-order valence-corrected chi connectivity index (χ2v) is 11.3. The van der Waals surface area contributed by atoms with Gasteiger partial charge < -0.3 is 4.74 Å². The van der Waals surface area contributed by atoms with E-state index in [-0.39, 0.29) is 16.5 Å². The first-order valence-electron chi connectivity index (χ1n) is 11.5. The summed E-state index contributed by atoms with van der Waals surface area (Å²) >= 11 is 1.17. The monoisotopic (exact) mass is 507 g/mol. The molecular weight excluding hydrogens is 482 g/mol. The van der Waals surface area contributed by atoms with Gasteiger partial charge in [-0.25, -0.2) is 27.2 Å². The summed E-state index contributed by atoms with van der Waals surface area (Å²) in [7, 11) is -3.89. The van der Waals surface area contributed by atoms with Crippen LogP contribution in [0.5, 0.6) is 0 Å². The predicted molar refractivity (Wildman–Crippen MR) is 137 cm³/mol. The highest BCUT2D eigenvalue weighted by Gasteiger charge is 2.25. The Morgan fingerprint density at radius 2 is 2.06 bits per heavy atom. The van der Waals surface area contributed by atoms with E-state index >= 15 is 0 Å². The molecule has 3 heterocycles. The van der Waals surface area contributed by atoms with Gasteiger partial charge in [0.25, 0.3) is 10.0 Å². The minimum atomic E-state index is -3.89. The fourth-order valence-corrected chi connectivity index (χ4v) is 6.31. The lowest BCUT2D eigenvalue weighted by atomic mass is 9.88. The van der Waals surface area contributed by atoms with Gasteiger partial charge in [0.05, 0.1) is 17.2 Å². The number of nitrogens with zero attached hydrogens (tertiary/aromatic N) is 3. The van der Waals surface area contributed by atoms with E-state index in [0.717, 1.165) is 24.8 Å². The Labute approximate surface area is 208 Å². The van der Waals surface area contributed by atoms with Crippen LogP contribution in [0.3, 0.4) is 0 Å². The van der Waals surface area contributed by atoms with Crippen molar-refractivity contribution in [2.75, 3.05) is 6.61 Å². The van der Waals surface area contributed by atoms with Crippen LogP contribution in [0.15, 0.2) is 65.1 Å². The third-order valence-corrected chi connectivity index (χ3v) is 8.67. The number of ether oxygens (including phenoxy) is 1. The van der Waals surface area contributed by atoms with Gasteiger partial charge in [-0.05, 0) is 61.4 Å². The molecule has 0 radical (unpaired) electrons. The smallest absolute Gasteiger partial charge is 0.367 e. The van der Waals surface area contributed by atoms with Crippen LogP contribution >= 0.6 is 11.3 Å². The number of benzene rings is 1. The summed E-state index contributed by atoms with van der Waals surface area (Å²) < 4.78 is 33.3. The van der Waals surface area contributed by atoms with Crippen molar-refractivity contribution in [2.24, 2.45) is 5.92 Å². The van der Waals surface area contributed by atoms with Gasteiger partial charge in [-0.3, -0.25) is 0 Å². The van der Waals surface area contributed by atoms with Gasteiger partial charge in [-0.1, -0.05) is 31.2 Å². The maximum atomic E-state index is 13.5. The molecule has 7 nitrogen and oxygen atoms in total. The van der Waals surface area contributed by atoms with E-state index in [9.17, 15) is 13.2 Å². The minimum absolute atomic E-state index is 0.170. The van der Waals surface area contributed by atoms with E-state index in [4.69, 9.17) is 4.74 Å². The van der Waals surface area contributed by atoms with E-state index in [1.54, 1.807) is 55.0 Å². The number of fused-ring (bicyclic) bond motifs is 1. The average Bonchev–Trinajstić information content (AvgIpc) is 3.50. The summed E-state index contributed by atoms with van der Waals surface area (Å²) in [5.74, 6) is 0.157. The van der Waals surface area contributed by atoms with Crippen LogP contribution in [-0.2, 0) is 14.8 Å². The quantitative estimate of drug-likeness (QED) is 0.307. The van der Waals surface area contributed by atoms with Gasteiger partial charge in [-0.2, -0.15) is 0 Å². The summed E-state index contributed by atoms with van der Waals surface area (Å²) in [5.41, 5.74) is 3.62. The summed E-state index contributed by atoms with van der Waals surface area (Å²) in [6.45, 7) is 4.23. The maximum absolute atomic E-state index is 13.5. The van der Waals surface area contributed by atoms with Crippen LogP contribution in [0.25, 0.3) is 27.9 Å². The van der Waals surface area contributed by atoms with Crippen molar-refractivity contribution >= 4 is 43.9 Å². The highest BCUT2D eigenvalue weighted by atomic mass is 32.2. The molecule has 0 fully saturated rings. The molecular formula is C26H25N3O4S2. The van der Waals surface area contributed by atoms with Crippen molar-refractivity contribution in [1.82, 2.24) is 13.9 Å². The Morgan fingerprint density at radius 1 is 1.26 bits per heavy atom. The average molecular weight is 508 g/mol. The molecule has 0 saturated carbocycles. The Bertz CT molecular complexity index is 1540. The second-order valence-electron chi connectivity index (χ2n) is 8.62. The van der Waals surface area contributed by atoms with Crippen molar-refractivity contribution in [1.29, 1.82) is 0 Å². The van der Waals surface area contributed by atoms with Crippen LogP contribution in [0, 0.1) is 5.92 Å². The van der Waals surface area contributed by atoms with Gasteiger partial charge in [0.2, 0.25) is 5.01 Å². The molecule has 0 amide bonds. The molecule has 180 valence electrons. The summed E-state index contributed by atoms with van der Waals surface area (Å²) in [5, 5.41) is 2.64. The van der Waals surface area contributed by atoms with Crippen molar-refractivity contribution in [3.63, 3.8) is 0 Å². The van der Waals surface area contributed by atoms with E-state index in [2.05, 4.69) is 23.0 Å². The first-order chi connectivity index (χ1) is 16.9. The Balaban J connectivity index is 1.69. The molecule has 0 spiro atoms. The number of esters is 1. The lowest BCUT2D eigenvalue weighted by molar-refractivity contribution is 0.0526. The third kappa shape index (κ3) is 4.41. The van der Waals surface area contributed by atoms with Gasteiger partial charge >= 0.3 is 5.97 Å². The fourth-order valence-electron chi connectivity index (χ4n) is 4.26. The van der Waals surface area contributed by atoms with Crippen LogP contribution in [0.4, 0.5) is 0 Å². The molecule has 1 aliphatic carbocycles. The summed E-state index contributed by atoms with van der Waals surface area (Å²) in [4.78, 5) is 21.4. The van der Waals surface area contributed by atoms with Crippen molar-refractivity contribution < 1.29 is 17.9 Å². The molecule has 1 unspecified atom stereocenters. The molecule has 1 aromatic carbocycles. The minimum Gasteiger partial charge on any atom is -0.461 e. The van der Waals surface area contributed by atoms with E-state index < -0.39 is 16.0 Å². The van der Waals surface area contributed by atoms with E-state index in [1.807, 2.05) is 6.07 Å². The molecule has 0 saturated heterocycles. The molecule has 0 aliphatic heterocycles. The standard InChI is InChI=1S/C26H25N3O4S2/c1-3-33-26(30)25-28-23(16-34-25)22-15-29(35(31,32)20-7-5-4-6-8-20)24-21(22)13-19(14-27-24)18-11-9-17(2)10-12-18/h4-8,11,13-17H,3,9-10,12H2,1-2H3. The SMILES string of the molecule is CCOC(=O)c1nc(-c2cn(S(=O)(=O)c3ccccc3)c3ncc(C4=CCC(C)CC4)cc23)cs1. The number of pyridine rings is 1. The zero-order valence-electron chi connectivity index (χ0n) is 19.5. The van der Waals surface area contributed by atoms with Crippen molar-refractivity contribution in [3.8, 4) is 11.3 Å². The molecule has 9 heteroatoms. The molecule has 4 aromatic rings. The largest absolute Gasteiger partial charge is 0.461 e. The van der Waals surface area contributed by atoms with Gasteiger partial charge in [0.15, 0.2) is 5.65 Å². The molecule has 3 aromatic heterocycles. The fraction of sp³-hybridized carbons (Fsp3) is 0.269. The van der Waals surface area contributed by atoms with Gasteiger partial charge in [0.1, 0.15) is 0 Å². The molecule has 1 atom stereocenters. The second kappa shape index (κ2) is 9.39. The Morgan fingerprint density at radius 3 is 2.77 bits per heavy atom. The topological polar surface area (TPSA) is 91.1 Å². The predicted octanol–water partition coefficient (Wildman–Crippen LogP) is 5.78. The highest BCUT2D eigenvalue weighted by molar-refractivity contribution is 7.90. The number of carbonyl (C=O) groups excluding carboxylic acids is 1. The maximum Gasteiger partial charge on any atom is 0.367 e.